The standard InChI is InChI=1S/C19H28N2O2S2/c1-2-3-5-11-21-18(23)16-14-9-8-10-15(14)25-17(16)20-19(21)24-13-7-4-6-12-22/h22H,2-13H2,1H3. The van der Waals surface area contributed by atoms with Crippen LogP contribution < -0.4 is 5.56 Å². The molecule has 0 radical (unpaired) electrons. The molecular formula is C19H28N2O2S2. The van der Waals surface area contributed by atoms with Gasteiger partial charge < -0.3 is 5.11 Å². The number of hydrogen-bond acceptors (Lipinski definition) is 5. The molecule has 138 valence electrons. The molecule has 0 aromatic carbocycles. The molecular weight excluding hydrogens is 352 g/mol. The van der Waals surface area contributed by atoms with E-state index in [9.17, 15) is 4.79 Å². The summed E-state index contributed by atoms with van der Waals surface area (Å²) in [5, 5.41) is 10.7. The van der Waals surface area contributed by atoms with Crippen molar-refractivity contribution in [3.63, 3.8) is 0 Å². The Morgan fingerprint density at radius 1 is 1.20 bits per heavy atom. The van der Waals surface area contributed by atoms with Crippen molar-refractivity contribution in [2.45, 2.75) is 76.4 Å². The first-order valence-corrected chi connectivity index (χ1v) is 11.3. The molecule has 25 heavy (non-hydrogen) atoms. The summed E-state index contributed by atoms with van der Waals surface area (Å²) in [6.45, 7) is 3.23. The number of aliphatic hydroxyl groups excluding tert-OH is 1. The van der Waals surface area contributed by atoms with Gasteiger partial charge in [-0.1, -0.05) is 37.9 Å². The molecule has 0 bridgehead atoms. The minimum absolute atomic E-state index is 0.179. The molecule has 0 spiro atoms. The number of thiophene rings is 1. The molecule has 2 aromatic heterocycles. The maximum Gasteiger partial charge on any atom is 0.263 e. The number of aryl methyl sites for hydroxylation is 2. The van der Waals surface area contributed by atoms with Crippen LogP contribution in [0.5, 0.6) is 0 Å². The van der Waals surface area contributed by atoms with Crippen molar-refractivity contribution in [2.24, 2.45) is 0 Å². The number of hydrogen-bond donors (Lipinski definition) is 1. The van der Waals surface area contributed by atoms with Gasteiger partial charge >= 0.3 is 0 Å². The predicted octanol–water partition coefficient (Wildman–Crippen LogP) is 4.39. The highest BCUT2D eigenvalue weighted by Gasteiger charge is 2.23. The summed E-state index contributed by atoms with van der Waals surface area (Å²) >= 11 is 3.43. The zero-order chi connectivity index (χ0) is 17.6. The number of fused-ring (bicyclic) bond motifs is 3. The van der Waals surface area contributed by atoms with Gasteiger partial charge in [-0.05, 0) is 44.1 Å². The van der Waals surface area contributed by atoms with Gasteiger partial charge in [-0.15, -0.1) is 11.3 Å². The molecule has 3 rings (SSSR count). The molecule has 0 aliphatic heterocycles. The second kappa shape index (κ2) is 9.19. The average molecular weight is 381 g/mol. The van der Waals surface area contributed by atoms with E-state index in [4.69, 9.17) is 10.1 Å². The second-order valence-electron chi connectivity index (χ2n) is 6.73. The Balaban J connectivity index is 1.87. The Bertz CT molecular complexity index is 767. The maximum atomic E-state index is 13.2. The third-order valence-corrected chi connectivity index (χ3v) is 7.06. The number of unbranched alkanes of at least 4 members (excludes halogenated alkanes) is 4. The van der Waals surface area contributed by atoms with Gasteiger partial charge in [0.1, 0.15) is 4.83 Å². The zero-order valence-electron chi connectivity index (χ0n) is 15.1. The van der Waals surface area contributed by atoms with E-state index in [-0.39, 0.29) is 12.2 Å². The minimum atomic E-state index is 0.179. The molecule has 1 aliphatic carbocycles. The van der Waals surface area contributed by atoms with E-state index in [2.05, 4.69) is 6.92 Å². The van der Waals surface area contributed by atoms with Gasteiger partial charge in [0, 0.05) is 23.8 Å². The van der Waals surface area contributed by atoms with Crippen LogP contribution in [0.1, 0.15) is 62.3 Å². The number of aliphatic hydroxyl groups is 1. The first kappa shape index (κ1) is 18.9. The third kappa shape index (κ3) is 4.29. The van der Waals surface area contributed by atoms with Gasteiger partial charge in [0.15, 0.2) is 5.16 Å². The highest BCUT2D eigenvalue weighted by Crippen LogP contribution is 2.35. The number of thioether (sulfide) groups is 1. The van der Waals surface area contributed by atoms with Crippen LogP contribution in [0, 0.1) is 0 Å². The molecule has 2 heterocycles. The zero-order valence-corrected chi connectivity index (χ0v) is 16.7. The van der Waals surface area contributed by atoms with Crippen LogP contribution in [0.2, 0.25) is 0 Å². The van der Waals surface area contributed by atoms with Crippen molar-refractivity contribution in [1.82, 2.24) is 9.55 Å². The molecule has 0 fully saturated rings. The highest BCUT2D eigenvalue weighted by molar-refractivity contribution is 7.99. The van der Waals surface area contributed by atoms with E-state index in [0.717, 1.165) is 79.0 Å². The van der Waals surface area contributed by atoms with Crippen LogP contribution >= 0.6 is 23.1 Å². The van der Waals surface area contributed by atoms with Gasteiger partial charge in [0.05, 0.1) is 5.39 Å². The van der Waals surface area contributed by atoms with Crippen LogP contribution in [-0.4, -0.2) is 27.0 Å². The lowest BCUT2D eigenvalue weighted by Gasteiger charge is -2.12. The molecule has 4 nitrogen and oxygen atoms in total. The number of nitrogens with zero attached hydrogens (tertiary/aromatic N) is 2. The molecule has 6 heteroatoms. The van der Waals surface area contributed by atoms with Crippen LogP contribution in [0.4, 0.5) is 0 Å². The van der Waals surface area contributed by atoms with Crippen LogP contribution in [-0.2, 0) is 19.4 Å². The lowest BCUT2D eigenvalue weighted by atomic mass is 10.2. The summed E-state index contributed by atoms with van der Waals surface area (Å²) in [6, 6.07) is 0. The molecule has 0 atom stereocenters. The van der Waals surface area contributed by atoms with Gasteiger partial charge in [0.25, 0.3) is 5.56 Å². The Morgan fingerprint density at radius 3 is 2.88 bits per heavy atom. The van der Waals surface area contributed by atoms with E-state index in [1.807, 2.05) is 4.57 Å². The van der Waals surface area contributed by atoms with Crippen molar-refractivity contribution in [3.05, 3.63) is 20.8 Å². The maximum absolute atomic E-state index is 13.2. The fraction of sp³-hybridized carbons (Fsp3) is 0.684. The van der Waals surface area contributed by atoms with Crippen LogP contribution in [0.3, 0.4) is 0 Å². The summed E-state index contributed by atoms with van der Waals surface area (Å²) < 4.78 is 1.93. The topological polar surface area (TPSA) is 55.1 Å². The van der Waals surface area contributed by atoms with E-state index >= 15 is 0 Å². The van der Waals surface area contributed by atoms with E-state index < -0.39 is 0 Å². The third-order valence-electron chi connectivity index (χ3n) is 4.81. The van der Waals surface area contributed by atoms with Crippen molar-refractivity contribution in [3.8, 4) is 0 Å². The van der Waals surface area contributed by atoms with Gasteiger partial charge in [0.2, 0.25) is 0 Å². The summed E-state index contributed by atoms with van der Waals surface area (Å²) in [7, 11) is 0. The molecule has 1 N–H and O–H groups in total. The second-order valence-corrected chi connectivity index (χ2v) is 8.87. The monoisotopic (exact) mass is 380 g/mol. The predicted molar refractivity (Wildman–Crippen MR) is 107 cm³/mol. The van der Waals surface area contributed by atoms with Crippen molar-refractivity contribution in [2.75, 3.05) is 12.4 Å². The molecule has 0 saturated heterocycles. The quantitative estimate of drug-likeness (QED) is 0.377. The Morgan fingerprint density at radius 2 is 2.08 bits per heavy atom. The minimum Gasteiger partial charge on any atom is -0.396 e. The Hall–Kier alpha value is -0.850. The van der Waals surface area contributed by atoms with Gasteiger partial charge in [-0.25, -0.2) is 4.98 Å². The van der Waals surface area contributed by atoms with Crippen LogP contribution in [0.25, 0.3) is 10.2 Å². The molecule has 1 aliphatic rings. The summed E-state index contributed by atoms with van der Waals surface area (Å²) in [4.78, 5) is 20.4. The molecule has 0 unspecified atom stereocenters. The first-order chi connectivity index (χ1) is 12.3. The highest BCUT2D eigenvalue weighted by atomic mass is 32.2. The molecule has 0 amide bonds. The SMILES string of the molecule is CCCCCn1c(SCCCCCO)nc2sc3c(c2c1=O)CCC3. The van der Waals surface area contributed by atoms with Crippen molar-refractivity contribution >= 4 is 33.3 Å². The Labute approximate surface area is 157 Å². The van der Waals surface area contributed by atoms with Crippen molar-refractivity contribution in [1.29, 1.82) is 0 Å². The number of rotatable bonds is 10. The summed E-state index contributed by atoms with van der Waals surface area (Å²) in [5.41, 5.74) is 1.46. The van der Waals surface area contributed by atoms with E-state index in [0.29, 0.717) is 0 Å². The van der Waals surface area contributed by atoms with Gasteiger partial charge in [-0.3, -0.25) is 9.36 Å². The summed E-state index contributed by atoms with van der Waals surface area (Å²) in [6.07, 6.45) is 9.59. The fourth-order valence-corrected chi connectivity index (χ4v) is 5.77. The number of aromatic nitrogens is 2. The lowest BCUT2D eigenvalue weighted by Crippen LogP contribution is -2.23. The lowest BCUT2D eigenvalue weighted by molar-refractivity contribution is 0.284. The Kier molecular flexibility index (Phi) is 6.96. The van der Waals surface area contributed by atoms with E-state index in [1.165, 1.54) is 16.9 Å². The first-order valence-electron chi connectivity index (χ1n) is 9.55. The normalized spacial score (nSPS) is 13.7. The fourth-order valence-electron chi connectivity index (χ4n) is 3.44. The molecule has 2 aromatic rings. The van der Waals surface area contributed by atoms with E-state index in [1.54, 1.807) is 23.1 Å². The van der Waals surface area contributed by atoms with Crippen molar-refractivity contribution < 1.29 is 5.11 Å². The largest absolute Gasteiger partial charge is 0.396 e. The van der Waals surface area contributed by atoms with Crippen LogP contribution in [0.15, 0.2) is 9.95 Å². The average Bonchev–Trinajstić information content (AvgIpc) is 3.17. The molecule has 0 saturated carbocycles. The summed E-state index contributed by atoms with van der Waals surface area (Å²) in [5.74, 6) is 0.955. The smallest absolute Gasteiger partial charge is 0.263 e. The van der Waals surface area contributed by atoms with Gasteiger partial charge in [-0.2, -0.15) is 0 Å².